The third kappa shape index (κ3) is 7.27. The molecule has 0 aliphatic carbocycles. The van der Waals surface area contributed by atoms with Gasteiger partial charge in [-0.05, 0) is 59.6 Å². The van der Waals surface area contributed by atoms with Crippen LogP contribution in [-0.2, 0) is 26.0 Å². The average Bonchev–Trinajstić information content (AvgIpc) is 2.79. The summed E-state index contributed by atoms with van der Waals surface area (Å²) in [5.41, 5.74) is 10.8. The highest BCUT2D eigenvalue weighted by Gasteiger charge is 2.23. The van der Waals surface area contributed by atoms with Gasteiger partial charge in [0.1, 0.15) is 6.04 Å². The minimum Gasteiger partial charge on any atom is -0.468 e. The van der Waals surface area contributed by atoms with E-state index in [0.29, 0.717) is 10.8 Å². The van der Waals surface area contributed by atoms with E-state index in [2.05, 4.69) is 15.4 Å². The van der Waals surface area contributed by atoms with Crippen LogP contribution in [0.1, 0.15) is 5.56 Å². The average molecular weight is 499 g/mol. The number of nitrogens with two attached hydrogens (primary N) is 1. The maximum absolute atomic E-state index is 12.0. The summed E-state index contributed by atoms with van der Waals surface area (Å²) in [5.74, 6) is -0.643. The van der Waals surface area contributed by atoms with Crippen molar-refractivity contribution in [3.8, 4) is 11.1 Å². The van der Waals surface area contributed by atoms with E-state index < -0.39 is 22.0 Å². The highest BCUT2D eigenvalue weighted by molar-refractivity contribution is 7.88. The van der Waals surface area contributed by atoms with Crippen LogP contribution in [-0.4, -0.2) is 38.9 Å². The number of nitrogens with one attached hydrogen (secondary N) is 3. The van der Waals surface area contributed by atoms with E-state index in [1.807, 2.05) is 66.7 Å². The Morgan fingerprint density at radius 1 is 1.00 bits per heavy atom. The van der Waals surface area contributed by atoms with E-state index in [-0.39, 0.29) is 6.42 Å². The van der Waals surface area contributed by atoms with E-state index in [4.69, 9.17) is 22.7 Å². The molecule has 0 saturated heterocycles. The Labute approximate surface area is 204 Å². The second-order valence-corrected chi connectivity index (χ2v) is 9.80. The van der Waals surface area contributed by atoms with Crippen LogP contribution in [0.25, 0.3) is 11.1 Å². The molecule has 1 atom stereocenters. The van der Waals surface area contributed by atoms with E-state index >= 15 is 0 Å². The Kier molecular flexibility index (Phi) is 8.21. The molecule has 0 bridgehead atoms. The first-order chi connectivity index (χ1) is 16.1. The molecule has 3 aromatic carbocycles. The van der Waals surface area contributed by atoms with E-state index in [1.165, 1.54) is 7.11 Å². The number of hydrogen-bond acceptors (Lipinski definition) is 6. The summed E-state index contributed by atoms with van der Waals surface area (Å²) in [6.45, 7) is 0. The topological polar surface area (TPSA) is 123 Å². The third-order valence-electron chi connectivity index (χ3n) is 4.90. The normalized spacial score (nSPS) is 11.9. The van der Waals surface area contributed by atoms with Gasteiger partial charge < -0.3 is 21.1 Å². The Hall–Kier alpha value is -3.47. The number of ether oxygens (including phenoxy) is 1. The van der Waals surface area contributed by atoms with E-state index in [1.54, 1.807) is 6.07 Å². The van der Waals surface area contributed by atoms with Crippen molar-refractivity contribution in [1.29, 1.82) is 0 Å². The molecule has 8 nitrogen and oxygen atoms in total. The first-order valence-corrected chi connectivity index (χ1v) is 12.6. The Morgan fingerprint density at radius 3 is 2.35 bits per heavy atom. The molecule has 0 aliphatic rings. The lowest BCUT2D eigenvalue weighted by Crippen LogP contribution is -2.42. The SMILES string of the molecule is COC(=O)[C@H](Cc1ccc(-c2cccc(NC(=S)Nc3ccccc3N)c2)cc1)NS(C)(=O)=O. The molecular formula is C24H26N4O4S2. The van der Waals surface area contributed by atoms with Crippen molar-refractivity contribution in [2.75, 3.05) is 29.7 Å². The number of anilines is 3. The molecular weight excluding hydrogens is 472 g/mol. The predicted molar refractivity (Wildman–Crippen MR) is 140 cm³/mol. The Morgan fingerprint density at radius 2 is 1.71 bits per heavy atom. The van der Waals surface area contributed by atoms with Gasteiger partial charge in [0.15, 0.2) is 5.11 Å². The van der Waals surface area contributed by atoms with Crippen molar-refractivity contribution in [1.82, 2.24) is 4.72 Å². The molecule has 0 amide bonds. The largest absolute Gasteiger partial charge is 0.468 e. The lowest BCUT2D eigenvalue weighted by molar-refractivity contribution is -0.142. The fraction of sp³-hybridized carbons (Fsp3) is 0.167. The van der Waals surface area contributed by atoms with E-state index in [0.717, 1.165) is 34.3 Å². The molecule has 0 saturated carbocycles. The minimum atomic E-state index is -3.57. The molecule has 34 heavy (non-hydrogen) atoms. The van der Waals surface area contributed by atoms with Crippen molar-refractivity contribution in [3.05, 3.63) is 78.4 Å². The van der Waals surface area contributed by atoms with E-state index in [9.17, 15) is 13.2 Å². The number of para-hydroxylation sites is 2. The number of esters is 1. The number of benzene rings is 3. The molecule has 0 unspecified atom stereocenters. The van der Waals surface area contributed by atoms with Crippen molar-refractivity contribution in [3.63, 3.8) is 0 Å². The summed E-state index contributed by atoms with van der Waals surface area (Å²) in [6.07, 6.45) is 1.17. The second kappa shape index (κ2) is 11.1. The summed E-state index contributed by atoms with van der Waals surface area (Å²) in [6, 6.07) is 21.6. The van der Waals surface area contributed by atoms with Gasteiger partial charge in [0.2, 0.25) is 10.0 Å². The zero-order chi connectivity index (χ0) is 24.7. The van der Waals surface area contributed by atoms with Crippen LogP contribution in [0.3, 0.4) is 0 Å². The Bertz CT molecular complexity index is 1280. The molecule has 0 radical (unpaired) electrons. The Balaban J connectivity index is 1.70. The number of sulfonamides is 1. The number of hydrogen-bond donors (Lipinski definition) is 4. The van der Waals surface area contributed by atoms with Gasteiger partial charge in [0.25, 0.3) is 0 Å². The lowest BCUT2D eigenvalue weighted by atomic mass is 10.0. The number of carbonyl (C=O) groups excluding carboxylic acids is 1. The first kappa shape index (κ1) is 25.2. The fourth-order valence-electron chi connectivity index (χ4n) is 3.31. The molecule has 0 heterocycles. The van der Waals surface area contributed by atoms with Gasteiger partial charge >= 0.3 is 5.97 Å². The first-order valence-electron chi connectivity index (χ1n) is 10.3. The third-order valence-corrected chi connectivity index (χ3v) is 5.82. The van der Waals surface area contributed by atoms with Gasteiger partial charge in [-0.2, -0.15) is 0 Å². The highest BCUT2D eigenvalue weighted by atomic mass is 32.2. The molecule has 0 fully saturated rings. The summed E-state index contributed by atoms with van der Waals surface area (Å²) >= 11 is 5.40. The summed E-state index contributed by atoms with van der Waals surface area (Å²) in [7, 11) is -2.35. The second-order valence-electron chi connectivity index (χ2n) is 7.61. The van der Waals surface area contributed by atoms with Gasteiger partial charge in [0, 0.05) is 5.69 Å². The van der Waals surface area contributed by atoms with Gasteiger partial charge in [0.05, 0.1) is 24.7 Å². The lowest BCUT2D eigenvalue weighted by Gasteiger charge is -2.15. The van der Waals surface area contributed by atoms with Gasteiger partial charge in [-0.15, -0.1) is 0 Å². The van der Waals surface area contributed by atoms with Crippen molar-refractivity contribution in [2.24, 2.45) is 0 Å². The number of carbonyl (C=O) groups is 1. The van der Waals surface area contributed by atoms with Crippen LogP contribution in [0.4, 0.5) is 17.1 Å². The number of thiocarbonyl (C=S) groups is 1. The van der Waals surface area contributed by atoms with Gasteiger partial charge in [-0.1, -0.05) is 48.5 Å². The van der Waals surface area contributed by atoms with Crippen molar-refractivity contribution < 1.29 is 17.9 Å². The highest BCUT2D eigenvalue weighted by Crippen LogP contribution is 2.24. The molecule has 0 aliphatic heterocycles. The van der Waals surface area contributed by atoms with Crippen molar-refractivity contribution >= 4 is 50.4 Å². The monoisotopic (exact) mass is 498 g/mol. The number of rotatable bonds is 8. The van der Waals surface area contributed by atoms with Gasteiger partial charge in [-0.25, -0.2) is 13.1 Å². The quantitative estimate of drug-likeness (QED) is 0.212. The standard InChI is InChI=1S/C24H26N4O4S2/c1-32-23(29)22(28-34(2,30)31)14-16-10-12-17(13-11-16)18-6-5-7-19(15-18)26-24(33)27-21-9-4-3-8-20(21)25/h3-13,15,22,28H,14,25H2,1-2H3,(H2,26,27,33)/t22-/m0/s1. The van der Waals surface area contributed by atoms with Crippen LogP contribution in [0.15, 0.2) is 72.8 Å². The maximum Gasteiger partial charge on any atom is 0.324 e. The smallest absolute Gasteiger partial charge is 0.324 e. The number of methoxy groups -OCH3 is 1. The van der Waals surface area contributed by atoms with Crippen LogP contribution < -0.4 is 21.1 Å². The van der Waals surface area contributed by atoms with Crippen molar-refractivity contribution in [2.45, 2.75) is 12.5 Å². The molecule has 10 heteroatoms. The summed E-state index contributed by atoms with van der Waals surface area (Å²) in [5, 5.41) is 6.65. The molecule has 5 N–H and O–H groups in total. The molecule has 3 rings (SSSR count). The minimum absolute atomic E-state index is 0.171. The summed E-state index contributed by atoms with van der Waals surface area (Å²) < 4.78 is 30.2. The zero-order valence-electron chi connectivity index (χ0n) is 18.7. The molecule has 0 spiro atoms. The fourth-order valence-corrected chi connectivity index (χ4v) is 4.24. The number of nitrogen functional groups attached to an aromatic ring is 1. The molecule has 0 aromatic heterocycles. The molecule has 3 aromatic rings. The predicted octanol–water partition coefficient (Wildman–Crippen LogP) is 3.38. The summed E-state index contributed by atoms with van der Waals surface area (Å²) in [4.78, 5) is 12.0. The van der Waals surface area contributed by atoms with Crippen LogP contribution in [0.2, 0.25) is 0 Å². The molecule has 178 valence electrons. The van der Waals surface area contributed by atoms with Crippen LogP contribution in [0, 0.1) is 0 Å². The van der Waals surface area contributed by atoms with Gasteiger partial charge in [-0.3, -0.25) is 4.79 Å². The maximum atomic E-state index is 12.0. The van der Waals surface area contributed by atoms with Crippen LogP contribution >= 0.6 is 12.2 Å². The zero-order valence-corrected chi connectivity index (χ0v) is 20.4. The van der Waals surface area contributed by atoms with Crippen LogP contribution in [0.5, 0.6) is 0 Å².